The Morgan fingerprint density at radius 1 is 0.400 bits per heavy atom. The van der Waals surface area contributed by atoms with Crippen LogP contribution in [0.5, 0.6) is 0 Å². The van der Waals surface area contributed by atoms with Crippen LogP contribution in [-0.2, 0) is 6.42 Å². The summed E-state index contributed by atoms with van der Waals surface area (Å²) in [6.07, 6.45) is 3.23. The molecule has 1 aromatic heterocycles. The molecule has 0 aliphatic carbocycles. The Kier molecular flexibility index (Phi) is 9.54. The zero-order valence-electron chi connectivity index (χ0n) is 36.2. The fraction of sp³-hybridized carbons (Fsp3) is 0.0312. The van der Waals surface area contributed by atoms with Crippen LogP contribution < -0.4 is 0 Å². The highest BCUT2D eigenvalue weighted by Crippen LogP contribution is 2.40. The molecule has 0 bridgehead atoms. The zero-order chi connectivity index (χ0) is 43.3. The molecule has 12 rings (SSSR count). The van der Waals surface area contributed by atoms with E-state index < -0.39 is 0 Å². The van der Waals surface area contributed by atoms with E-state index in [9.17, 15) is 0 Å². The molecule has 0 unspecified atom stereocenters. The molecule has 0 radical (unpaired) electrons. The second-order valence-electron chi connectivity index (χ2n) is 17.3. The second-order valence-corrected chi connectivity index (χ2v) is 17.3. The molecule has 0 amide bonds. The lowest BCUT2D eigenvalue weighted by Gasteiger charge is -2.16. The van der Waals surface area contributed by atoms with E-state index in [1.807, 2.05) is 0 Å². The molecule has 0 saturated heterocycles. The number of hydrogen-bond donors (Lipinski definition) is 0. The van der Waals surface area contributed by atoms with Gasteiger partial charge in [0.15, 0.2) is 0 Å². The summed E-state index contributed by atoms with van der Waals surface area (Å²) in [6.45, 7) is 2.25. The fourth-order valence-electron chi connectivity index (χ4n) is 10.2. The summed E-state index contributed by atoms with van der Waals surface area (Å²) in [5.41, 5.74) is 16.0. The van der Waals surface area contributed by atoms with Gasteiger partial charge in [0.25, 0.3) is 0 Å². The van der Waals surface area contributed by atoms with E-state index >= 15 is 0 Å². The lowest BCUT2D eigenvalue weighted by molar-refractivity contribution is 1.13. The first-order chi connectivity index (χ1) is 32.1. The first-order valence-electron chi connectivity index (χ1n) is 22.6. The van der Waals surface area contributed by atoms with Gasteiger partial charge in [-0.2, -0.15) is 0 Å². The monoisotopic (exact) mass is 827 g/mol. The van der Waals surface area contributed by atoms with Gasteiger partial charge < -0.3 is 4.57 Å². The van der Waals surface area contributed by atoms with E-state index in [4.69, 9.17) is 0 Å². The molecule has 0 fully saturated rings. The van der Waals surface area contributed by atoms with Crippen molar-refractivity contribution in [1.29, 1.82) is 0 Å². The van der Waals surface area contributed by atoms with Crippen LogP contribution in [0.3, 0.4) is 0 Å². The maximum Gasteiger partial charge on any atom is 0.0541 e. The van der Waals surface area contributed by atoms with E-state index in [1.165, 1.54) is 115 Å². The normalized spacial score (nSPS) is 11.9. The third-order valence-corrected chi connectivity index (χ3v) is 13.3. The Hall–Kier alpha value is -8.26. The molecule has 0 atom stereocenters. The smallest absolute Gasteiger partial charge is 0.0541 e. The van der Waals surface area contributed by atoms with Gasteiger partial charge in [0.2, 0.25) is 0 Å². The Balaban J connectivity index is 0.965. The predicted octanol–water partition coefficient (Wildman–Crippen LogP) is 17.3. The predicted molar refractivity (Wildman–Crippen MR) is 279 cm³/mol. The van der Waals surface area contributed by atoms with Crippen molar-refractivity contribution in [2.24, 2.45) is 0 Å². The van der Waals surface area contributed by atoms with Gasteiger partial charge in [0, 0.05) is 11.1 Å². The first kappa shape index (κ1) is 38.4. The molecule has 0 N–H and O–H groups in total. The summed E-state index contributed by atoms with van der Waals surface area (Å²) in [4.78, 5) is 0. The minimum Gasteiger partial charge on any atom is -0.309 e. The number of aromatic nitrogens is 1. The highest BCUT2D eigenvalue weighted by molar-refractivity contribution is 6.14. The number of benzene rings is 11. The molecular formula is C64H45N. The molecule has 11 aromatic carbocycles. The minimum atomic E-state index is 0.804. The van der Waals surface area contributed by atoms with Crippen LogP contribution >= 0.6 is 0 Å². The van der Waals surface area contributed by atoms with Crippen molar-refractivity contribution in [3.63, 3.8) is 0 Å². The van der Waals surface area contributed by atoms with Gasteiger partial charge in [0.05, 0.1) is 11.2 Å². The molecule has 12 aromatic rings. The van der Waals surface area contributed by atoms with Gasteiger partial charge >= 0.3 is 0 Å². The van der Waals surface area contributed by atoms with Crippen LogP contribution in [-0.4, -0.2) is 4.57 Å². The largest absolute Gasteiger partial charge is 0.309 e. The molecule has 1 heterocycles. The second kappa shape index (κ2) is 16.1. The van der Waals surface area contributed by atoms with Crippen molar-refractivity contribution in [3.8, 4) is 39.2 Å². The number of rotatable bonds is 8. The van der Waals surface area contributed by atoms with Crippen molar-refractivity contribution in [3.05, 3.63) is 259 Å². The average Bonchev–Trinajstić information content (AvgIpc) is 3.73. The van der Waals surface area contributed by atoms with Crippen LogP contribution in [0.2, 0.25) is 0 Å². The molecule has 0 saturated carbocycles. The lowest BCUT2D eigenvalue weighted by atomic mass is 9.90. The third-order valence-electron chi connectivity index (χ3n) is 13.3. The summed E-state index contributed by atoms with van der Waals surface area (Å²) >= 11 is 0. The van der Waals surface area contributed by atoms with Gasteiger partial charge in [-0.1, -0.05) is 200 Å². The number of hydrogen-bond acceptors (Lipinski definition) is 0. The SMILES string of the molecule is Cc1cc2cc(-c3ccccc3)n(-c3ccc(-c4c5ccccc5cc5ccccc45)cc3)c2cc1/C=C(\Cc1ccc(-c2c3ccccc3cc3ccccc23)cc1)c1ccccc1. The fourth-order valence-corrected chi connectivity index (χ4v) is 10.2. The molecular weight excluding hydrogens is 783 g/mol. The highest BCUT2D eigenvalue weighted by Gasteiger charge is 2.17. The van der Waals surface area contributed by atoms with Crippen LogP contribution in [0, 0.1) is 6.92 Å². The van der Waals surface area contributed by atoms with E-state index in [-0.39, 0.29) is 0 Å². The topological polar surface area (TPSA) is 4.93 Å². The maximum absolute atomic E-state index is 2.45. The number of aryl methyl sites for hydroxylation is 1. The molecule has 0 spiro atoms. The van der Waals surface area contributed by atoms with Crippen molar-refractivity contribution < 1.29 is 0 Å². The summed E-state index contributed by atoms with van der Waals surface area (Å²) in [7, 11) is 0. The molecule has 1 nitrogen and oxygen atoms in total. The van der Waals surface area contributed by atoms with Gasteiger partial charge in [-0.3, -0.25) is 0 Å². The van der Waals surface area contributed by atoms with E-state index in [2.05, 4.69) is 254 Å². The van der Waals surface area contributed by atoms with Gasteiger partial charge in [-0.15, -0.1) is 0 Å². The molecule has 0 aliphatic heterocycles. The Bertz CT molecular complexity index is 3650. The van der Waals surface area contributed by atoms with Crippen LogP contribution in [0.25, 0.3) is 105 Å². The van der Waals surface area contributed by atoms with Crippen molar-refractivity contribution in [2.75, 3.05) is 0 Å². The average molecular weight is 828 g/mol. The van der Waals surface area contributed by atoms with Crippen molar-refractivity contribution in [2.45, 2.75) is 13.3 Å². The highest BCUT2D eigenvalue weighted by atomic mass is 15.0. The lowest BCUT2D eigenvalue weighted by Crippen LogP contribution is -1.98. The molecule has 1 heteroatoms. The van der Waals surface area contributed by atoms with E-state index in [1.54, 1.807) is 0 Å². The Labute approximate surface area is 379 Å². The minimum absolute atomic E-state index is 0.804. The van der Waals surface area contributed by atoms with Crippen molar-refractivity contribution in [1.82, 2.24) is 4.57 Å². The van der Waals surface area contributed by atoms with Crippen LogP contribution in [0.4, 0.5) is 0 Å². The number of allylic oxidation sites excluding steroid dienone is 1. The molecule has 306 valence electrons. The molecule has 65 heavy (non-hydrogen) atoms. The van der Waals surface area contributed by atoms with Gasteiger partial charge in [-0.25, -0.2) is 0 Å². The number of nitrogens with zero attached hydrogens (tertiary/aromatic N) is 1. The van der Waals surface area contributed by atoms with Gasteiger partial charge in [-0.05, 0) is 155 Å². The maximum atomic E-state index is 2.45. The summed E-state index contributed by atoms with van der Waals surface area (Å²) in [5, 5.41) is 11.4. The third kappa shape index (κ3) is 6.99. The first-order valence-corrected chi connectivity index (χ1v) is 22.6. The van der Waals surface area contributed by atoms with E-state index in [0.717, 1.165) is 12.1 Å². The Morgan fingerprint density at radius 3 is 1.38 bits per heavy atom. The zero-order valence-corrected chi connectivity index (χ0v) is 36.2. The summed E-state index contributed by atoms with van der Waals surface area (Å²) < 4.78 is 2.45. The standard InChI is InChI=1S/C64H45N/c1-43-36-55-42-61(46-18-6-3-7-19-46)65(56-34-32-48(33-35-56)64-59-26-14-10-22-51(59)39-52-23-11-15-27-60(52)64)62(55)41-53(43)40-54(45-16-4-2-5-17-45)37-44-28-30-47(31-29-44)63-57-24-12-8-20-49(57)38-50-21-9-13-25-58(50)63/h2-36,38-42H,37H2,1H3/b54-40+. The molecule has 0 aliphatic rings. The van der Waals surface area contributed by atoms with Gasteiger partial charge in [0.1, 0.15) is 0 Å². The van der Waals surface area contributed by atoms with Crippen LogP contribution in [0.1, 0.15) is 22.3 Å². The quantitative estimate of drug-likeness (QED) is 0.106. The van der Waals surface area contributed by atoms with Crippen molar-refractivity contribution >= 4 is 65.6 Å². The van der Waals surface area contributed by atoms with E-state index in [0.29, 0.717) is 0 Å². The van der Waals surface area contributed by atoms with Crippen LogP contribution in [0.15, 0.2) is 237 Å². The Morgan fingerprint density at radius 2 is 0.862 bits per heavy atom. The summed E-state index contributed by atoms with van der Waals surface area (Å²) in [6, 6.07) is 86.9. The number of fused-ring (bicyclic) bond motifs is 5. The summed E-state index contributed by atoms with van der Waals surface area (Å²) in [5.74, 6) is 0.